The van der Waals surface area contributed by atoms with Crippen molar-refractivity contribution in [3.05, 3.63) is 251 Å². The number of carboxylic acids is 3. The third-order valence-corrected chi connectivity index (χ3v) is 34.6. The molecule has 0 amide bonds. The number of aliphatic hydroxyl groups is 1. The lowest BCUT2D eigenvalue weighted by molar-refractivity contribution is -0.174. The SMILES string of the molecule is CC/C(=C\F)COc1ccc(C23CCC(C(C)(C)OCC(=O)O)(CC2)CC3)cc1.CC/C(=C\F)COc1ccc(C23CCC(COCC(=O)O)(CC2)CC3)cc1.CC/C(=C\F)COc1ccc(C23CCC(COc4cccnc4)(CC2)CC3)cc1.CC/C(=C\F)COc1ccc(C23CCC(OCC(=O)O)(CC2)CC3)cc1.CC/C(=C\F)COc1ccc(C23CCC(c4ccn(CCO)n4)(CC2)CC3)cc1. The van der Waals surface area contributed by atoms with Gasteiger partial charge in [-0.25, -0.2) is 36.3 Å². The topological polar surface area (TPSA) is 246 Å². The molecule has 10 bridgehead atoms. The van der Waals surface area contributed by atoms with Crippen molar-refractivity contribution >= 4 is 17.9 Å². The summed E-state index contributed by atoms with van der Waals surface area (Å²) in [5.41, 5.74) is 12.5. The van der Waals surface area contributed by atoms with E-state index in [2.05, 4.69) is 85.6 Å². The predicted molar refractivity (Wildman–Crippen MR) is 534 cm³/mol. The van der Waals surface area contributed by atoms with Crippen LogP contribution >= 0.6 is 0 Å². The number of hydrogen-bond donors (Lipinski definition) is 4. The number of fused-ring (bicyclic) bond motifs is 15. The van der Waals surface area contributed by atoms with E-state index in [-0.39, 0.29) is 89.8 Å². The van der Waals surface area contributed by atoms with E-state index in [9.17, 15) is 36.3 Å². The average molecular weight is 1940 g/mol. The molecule has 15 aliphatic carbocycles. The molecule has 2 aromatic heterocycles. The van der Waals surface area contributed by atoms with Gasteiger partial charge in [0.25, 0.3) is 0 Å². The number of aliphatic hydroxyl groups excluding tert-OH is 1. The van der Waals surface area contributed by atoms with Gasteiger partial charge in [-0.15, -0.1) is 0 Å². The number of benzene rings is 5. The summed E-state index contributed by atoms with van der Waals surface area (Å²) in [6.45, 7) is 16.6. The summed E-state index contributed by atoms with van der Waals surface area (Å²) >= 11 is 0. The van der Waals surface area contributed by atoms with Gasteiger partial charge in [-0.2, -0.15) is 5.10 Å². The van der Waals surface area contributed by atoms with Gasteiger partial charge >= 0.3 is 17.9 Å². The van der Waals surface area contributed by atoms with Crippen LogP contribution in [-0.2, 0) is 67.6 Å². The first-order valence-corrected chi connectivity index (χ1v) is 51.3. The Morgan fingerprint density at radius 1 is 0.357 bits per heavy atom. The quantitative estimate of drug-likeness (QED) is 0.0260. The van der Waals surface area contributed by atoms with Crippen LogP contribution in [0.5, 0.6) is 34.5 Å². The summed E-state index contributed by atoms with van der Waals surface area (Å²) in [5.74, 6) is 2.06. The van der Waals surface area contributed by atoms with E-state index in [0.717, 1.165) is 157 Å². The number of carboxylic acid groups (broad SMARTS) is 3. The molecule has 0 atom stereocenters. The molecule has 15 aliphatic rings. The molecule has 24 heteroatoms. The minimum absolute atomic E-state index is 0.0580. The van der Waals surface area contributed by atoms with Crippen molar-refractivity contribution in [2.45, 2.75) is 323 Å². The summed E-state index contributed by atoms with van der Waals surface area (Å²) < 4.78 is 117. The van der Waals surface area contributed by atoms with E-state index in [1.165, 1.54) is 111 Å². The number of aliphatic carboxylic acids is 3. The van der Waals surface area contributed by atoms with Crippen molar-refractivity contribution in [2.24, 2.45) is 16.2 Å². The van der Waals surface area contributed by atoms with Crippen LogP contribution in [0.3, 0.4) is 0 Å². The molecule has 140 heavy (non-hydrogen) atoms. The maximum absolute atomic E-state index is 12.7. The second-order valence-corrected chi connectivity index (χ2v) is 42.2. The van der Waals surface area contributed by atoms with E-state index in [4.69, 9.17) is 68.2 Å². The minimum Gasteiger partial charge on any atom is -0.491 e. The van der Waals surface area contributed by atoms with Gasteiger partial charge in [-0.05, 0) is 411 Å². The molecular formula is C116H150F5N3O16. The number of hydrogen-bond acceptors (Lipinski definition) is 15. The fraction of sp³-hybridized carbons (Fsp3) is 0.560. The fourth-order valence-corrected chi connectivity index (χ4v) is 24.1. The average Bonchev–Trinajstić information content (AvgIpc) is 1.18. The highest BCUT2D eigenvalue weighted by molar-refractivity contribution is 5.69. The molecule has 0 spiro atoms. The molecule has 15 fully saturated rings. The van der Waals surface area contributed by atoms with Crippen molar-refractivity contribution in [1.82, 2.24) is 14.8 Å². The lowest BCUT2D eigenvalue weighted by Gasteiger charge is -2.59. The first-order chi connectivity index (χ1) is 67.6. The number of ether oxygens (including phenoxy) is 9. The number of aromatic nitrogens is 3. The van der Waals surface area contributed by atoms with E-state index >= 15 is 0 Å². The van der Waals surface area contributed by atoms with Crippen LogP contribution in [0, 0.1) is 16.2 Å². The Bertz CT molecular complexity index is 5180. The Morgan fingerprint density at radius 3 is 0.950 bits per heavy atom. The molecule has 7 aromatic rings. The highest BCUT2D eigenvalue weighted by Gasteiger charge is 2.58. The third-order valence-electron chi connectivity index (χ3n) is 34.6. The molecule has 0 aliphatic heterocycles. The number of nitrogens with zero attached hydrogens (tertiary/aromatic N) is 3. The number of rotatable bonds is 42. The molecule has 760 valence electrons. The number of halogens is 5. The van der Waals surface area contributed by atoms with Crippen LogP contribution in [0.2, 0.25) is 0 Å². The Labute approximate surface area is 825 Å². The van der Waals surface area contributed by atoms with E-state index in [0.29, 0.717) is 129 Å². The van der Waals surface area contributed by atoms with Crippen LogP contribution in [0.1, 0.15) is 307 Å². The molecule has 0 unspecified atom stereocenters. The second kappa shape index (κ2) is 48.8. The summed E-state index contributed by atoms with van der Waals surface area (Å²) in [7, 11) is 0. The van der Waals surface area contributed by atoms with Crippen molar-refractivity contribution < 1.29 is 99.4 Å². The van der Waals surface area contributed by atoms with E-state index in [1.807, 2.05) is 118 Å². The van der Waals surface area contributed by atoms with E-state index < -0.39 is 23.5 Å². The first kappa shape index (κ1) is 107. The summed E-state index contributed by atoms with van der Waals surface area (Å²) in [5, 5.41) is 40.5. The lowest BCUT2D eigenvalue weighted by Crippen LogP contribution is -2.55. The second-order valence-electron chi connectivity index (χ2n) is 42.2. The highest BCUT2D eigenvalue weighted by Crippen LogP contribution is 2.65. The summed E-state index contributed by atoms with van der Waals surface area (Å²) in [4.78, 5) is 36.6. The van der Waals surface area contributed by atoms with Crippen LogP contribution in [0.4, 0.5) is 22.0 Å². The number of pyridine rings is 1. The maximum atomic E-state index is 12.7. The van der Waals surface area contributed by atoms with Gasteiger partial charge in [0.2, 0.25) is 0 Å². The van der Waals surface area contributed by atoms with Gasteiger partial charge < -0.3 is 63.1 Å². The van der Waals surface area contributed by atoms with Crippen molar-refractivity contribution in [2.75, 3.05) is 72.7 Å². The molecule has 5 aromatic carbocycles. The fourth-order valence-electron chi connectivity index (χ4n) is 24.1. The molecule has 22 rings (SSSR count). The molecular weight excluding hydrogens is 1790 g/mol. The van der Waals surface area contributed by atoms with Crippen molar-refractivity contribution in [3.8, 4) is 34.5 Å². The summed E-state index contributed by atoms with van der Waals surface area (Å²) in [6, 6.07) is 47.8. The smallest absolute Gasteiger partial charge is 0.329 e. The van der Waals surface area contributed by atoms with E-state index in [1.54, 1.807) is 12.4 Å². The highest BCUT2D eigenvalue weighted by atomic mass is 19.1. The summed E-state index contributed by atoms with van der Waals surface area (Å²) in [6.07, 6.45) is 45.3. The van der Waals surface area contributed by atoms with Gasteiger partial charge in [0.1, 0.15) is 87.4 Å². The van der Waals surface area contributed by atoms with Crippen LogP contribution < -0.4 is 28.4 Å². The monoisotopic (exact) mass is 1940 g/mol. The molecule has 0 radical (unpaired) electrons. The molecule has 15 saturated carbocycles. The third kappa shape index (κ3) is 26.3. The molecule has 0 saturated heterocycles. The molecule has 2 heterocycles. The first-order valence-electron chi connectivity index (χ1n) is 51.3. The zero-order chi connectivity index (χ0) is 99.6. The van der Waals surface area contributed by atoms with Gasteiger partial charge in [-0.1, -0.05) is 95.3 Å². The maximum Gasteiger partial charge on any atom is 0.329 e. The zero-order valence-electron chi connectivity index (χ0n) is 83.6. The van der Waals surface area contributed by atoms with Gasteiger partial charge in [-0.3, -0.25) is 9.67 Å². The van der Waals surface area contributed by atoms with Crippen molar-refractivity contribution in [3.63, 3.8) is 0 Å². The largest absolute Gasteiger partial charge is 0.491 e. The standard InChI is InChI=1S/C25H30FNO2.C24H31FN2O2.C24H33FO4.C22H29FO4.C21H27FO4/c1-2-20(16-26)18-28-22-7-5-21(6-8-22)25-12-9-24(10-13-25,11-14-25)19-29-23-4-3-15-27-17-23;1-2-19(17-25)18-29-21-5-3-20(4-6-21)23-8-11-24(12-9-23,13-10-23)22-7-14-27(26-22)15-16-28;1-4-18(15-25)16-28-20-7-5-19(6-8-20)23-9-12-24(13-10-23,14-11-23)22(2,3)29-17-21(26)27;1-2-17(13-23)14-27-19-5-3-18(4-6-19)22-10-7-21(8-11-22,9-12-22)16-26-15-20(24)25;1-2-16(13-22)14-25-18-5-3-17(4-6-18)20-7-10-21(11-8-20,12-9-20)26-15-19(23)24/h3-8,15-17H,2,9-14,18-19H2,1H3;3-7,14,17,28H,2,8-13,15-16,18H2,1H3;5-8,15H,4,9-14,16-17H2,1-3H3,(H,26,27);3-6,13H,2,7-12,14-16H2,1H3,(H,24,25);3-6,13H,2,7-12,14-15H2,1H3,(H,23,24)/b20-16+;19-17+;18-15+;17-13+;16-13+. The Kier molecular flexibility index (Phi) is 37.3. The van der Waals surface area contributed by atoms with Crippen molar-refractivity contribution in [1.29, 1.82) is 0 Å². The minimum atomic E-state index is -0.911. The number of carbonyl (C=O) groups is 3. The van der Waals surface area contributed by atoms with Gasteiger partial charge in [0, 0.05) is 23.2 Å². The normalized spacial score (nSPS) is 27.1. The molecule has 19 nitrogen and oxygen atoms in total. The lowest BCUT2D eigenvalue weighted by atomic mass is 9.48. The van der Waals surface area contributed by atoms with Crippen LogP contribution in [0.15, 0.2) is 218 Å². The predicted octanol–water partition coefficient (Wildman–Crippen LogP) is 27.1. The van der Waals surface area contributed by atoms with Crippen LogP contribution in [0.25, 0.3) is 0 Å². The Hall–Kier alpha value is -10.1. The zero-order valence-corrected chi connectivity index (χ0v) is 83.6. The molecule has 4 N–H and O–H groups in total. The Balaban J connectivity index is 0.000000147. The van der Waals surface area contributed by atoms with Crippen LogP contribution in [-0.4, -0.2) is 137 Å². The Morgan fingerprint density at radius 2 is 0.657 bits per heavy atom. The van der Waals surface area contributed by atoms with Gasteiger partial charge in [0.15, 0.2) is 0 Å². The van der Waals surface area contributed by atoms with Gasteiger partial charge in [0.05, 0.1) is 81.1 Å².